The fraction of sp³-hybridized carbons (Fsp3) is 0.455. The first-order valence-corrected chi connectivity index (χ1v) is 4.27. The smallest absolute Gasteiger partial charge is 0.157 e. The van der Waals surface area contributed by atoms with Gasteiger partial charge in [0, 0.05) is 0 Å². The molecule has 13 heavy (non-hydrogen) atoms. The van der Waals surface area contributed by atoms with Gasteiger partial charge in [-0.25, -0.2) is 0 Å². The number of aromatic hydroxyl groups is 2. The summed E-state index contributed by atoms with van der Waals surface area (Å²) in [6, 6.07) is 6.15. The van der Waals surface area contributed by atoms with Crippen molar-refractivity contribution in [3.05, 3.63) is 24.3 Å². The number of phenols is 2. The Kier molecular flexibility index (Phi) is 4.32. The fourth-order valence-electron chi connectivity index (χ4n) is 0.464. The molecule has 0 saturated heterocycles. The maximum atomic E-state index is 8.67. The van der Waals surface area contributed by atoms with E-state index in [1.54, 1.807) is 12.1 Å². The van der Waals surface area contributed by atoms with Crippen molar-refractivity contribution in [3.8, 4) is 11.5 Å². The molecule has 1 aromatic carbocycles. The lowest BCUT2D eigenvalue weighted by Crippen LogP contribution is -1.93. The summed E-state index contributed by atoms with van der Waals surface area (Å²) >= 11 is 0. The number of rotatable bonds is 0. The lowest BCUT2D eigenvalue weighted by Gasteiger charge is -2.05. The van der Waals surface area contributed by atoms with Crippen molar-refractivity contribution in [2.75, 3.05) is 0 Å². The molecule has 2 heteroatoms. The number of hydrogen-bond acceptors (Lipinski definition) is 2. The fourth-order valence-corrected chi connectivity index (χ4v) is 0.464. The van der Waals surface area contributed by atoms with E-state index in [-0.39, 0.29) is 11.5 Å². The van der Waals surface area contributed by atoms with Crippen LogP contribution in [0.1, 0.15) is 27.7 Å². The second-order valence-electron chi connectivity index (χ2n) is 4.49. The van der Waals surface area contributed by atoms with Crippen LogP contribution >= 0.6 is 0 Å². The van der Waals surface area contributed by atoms with E-state index >= 15 is 0 Å². The maximum absolute atomic E-state index is 8.67. The van der Waals surface area contributed by atoms with Gasteiger partial charge in [0.2, 0.25) is 0 Å². The van der Waals surface area contributed by atoms with E-state index in [2.05, 4.69) is 27.7 Å². The Hall–Kier alpha value is -1.18. The molecule has 0 aromatic heterocycles. The van der Waals surface area contributed by atoms with Gasteiger partial charge in [-0.15, -0.1) is 0 Å². The van der Waals surface area contributed by atoms with E-state index < -0.39 is 0 Å². The number of benzene rings is 1. The molecule has 0 fully saturated rings. The minimum Gasteiger partial charge on any atom is -0.504 e. The van der Waals surface area contributed by atoms with E-state index in [1.807, 2.05) is 0 Å². The predicted molar refractivity (Wildman–Crippen MR) is 54.9 cm³/mol. The van der Waals surface area contributed by atoms with Crippen LogP contribution in [-0.2, 0) is 0 Å². The van der Waals surface area contributed by atoms with Crippen molar-refractivity contribution in [2.45, 2.75) is 27.7 Å². The molecule has 0 atom stereocenters. The monoisotopic (exact) mass is 182 g/mol. The molecule has 0 bridgehead atoms. The van der Waals surface area contributed by atoms with Gasteiger partial charge in [-0.2, -0.15) is 0 Å². The van der Waals surface area contributed by atoms with E-state index in [0.29, 0.717) is 5.41 Å². The van der Waals surface area contributed by atoms with Gasteiger partial charge in [0.05, 0.1) is 0 Å². The molecular formula is C11H18O2. The molecule has 74 valence electrons. The van der Waals surface area contributed by atoms with Crippen LogP contribution in [0.15, 0.2) is 24.3 Å². The molecule has 1 aromatic rings. The van der Waals surface area contributed by atoms with Crippen LogP contribution in [-0.4, -0.2) is 10.2 Å². The molecule has 0 saturated carbocycles. The minimum absolute atomic E-state index is 0.0764. The molecule has 2 nitrogen and oxygen atoms in total. The first-order chi connectivity index (χ1) is 5.80. The van der Waals surface area contributed by atoms with E-state index in [9.17, 15) is 0 Å². The lowest BCUT2D eigenvalue weighted by molar-refractivity contribution is 0.404. The van der Waals surface area contributed by atoms with Gasteiger partial charge in [-0.3, -0.25) is 0 Å². The zero-order valence-corrected chi connectivity index (χ0v) is 8.70. The number of para-hydroxylation sites is 2. The third-order valence-electron chi connectivity index (χ3n) is 0.882. The summed E-state index contributed by atoms with van der Waals surface area (Å²) in [6.07, 6.45) is 0. The summed E-state index contributed by atoms with van der Waals surface area (Å²) < 4.78 is 0. The van der Waals surface area contributed by atoms with Gasteiger partial charge in [-0.1, -0.05) is 39.8 Å². The molecule has 2 N–H and O–H groups in total. The molecule has 0 aliphatic carbocycles. The highest BCUT2D eigenvalue weighted by Crippen LogP contribution is 2.21. The zero-order valence-electron chi connectivity index (χ0n) is 8.70. The SMILES string of the molecule is CC(C)(C)C.Oc1ccccc1O. The van der Waals surface area contributed by atoms with Gasteiger partial charge >= 0.3 is 0 Å². The first kappa shape index (κ1) is 11.8. The Labute approximate surface area is 79.9 Å². The van der Waals surface area contributed by atoms with Gasteiger partial charge in [0.25, 0.3) is 0 Å². The minimum atomic E-state index is -0.0764. The predicted octanol–water partition coefficient (Wildman–Crippen LogP) is 3.15. The standard InChI is InChI=1S/C6H6O2.C5H12/c7-5-3-1-2-4-6(5)8;1-5(2,3)4/h1-4,7-8H;1-4H3. The molecule has 0 spiro atoms. The Morgan fingerprint density at radius 3 is 1.23 bits per heavy atom. The van der Waals surface area contributed by atoms with Crippen LogP contribution in [0.2, 0.25) is 0 Å². The van der Waals surface area contributed by atoms with Crippen LogP contribution in [0.4, 0.5) is 0 Å². The summed E-state index contributed by atoms with van der Waals surface area (Å²) in [7, 11) is 0. The average Bonchev–Trinajstić information content (AvgIpc) is 1.92. The molecule has 0 aliphatic rings. The van der Waals surface area contributed by atoms with Crippen molar-refractivity contribution in [1.29, 1.82) is 0 Å². The second kappa shape index (κ2) is 4.75. The van der Waals surface area contributed by atoms with Crippen LogP contribution in [0, 0.1) is 5.41 Å². The van der Waals surface area contributed by atoms with E-state index in [4.69, 9.17) is 10.2 Å². The molecule has 0 unspecified atom stereocenters. The van der Waals surface area contributed by atoms with Crippen LogP contribution in [0.3, 0.4) is 0 Å². The normalized spacial score (nSPS) is 10.2. The molecular weight excluding hydrogens is 164 g/mol. The second-order valence-corrected chi connectivity index (χ2v) is 4.49. The average molecular weight is 182 g/mol. The van der Waals surface area contributed by atoms with Crippen LogP contribution in [0.5, 0.6) is 11.5 Å². The topological polar surface area (TPSA) is 40.5 Å². The number of hydrogen-bond donors (Lipinski definition) is 2. The lowest BCUT2D eigenvalue weighted by atomic mass is 10.0. The number of phenolic OH excluding ortho intramolecular Hbond substituents is 2. The van der Waals surface area contributed by atoms with E-state index in [1.165, 1.54) is 12.1 Å². The van der Waals surface area contributed by atoms with Crippen LogP contribution in [0.25, 0.3) is 0 Å². The van der Waals surface area contributed by atoms with Gasteiger partial charge in [0.1, 0.15) is 0 Å². The van der Waals surface area contributed by atoms with Gasteiger partial charge in [-0.05, 0) is 17.5 Å². The van der Waals surface area contributed by atoms with Crippen LogP contribution < -0.4 is 0 Å². The third kappa shape index (κ3) is 8.73. The van der Waals surface area contributed by atoms with Crippen molar-refractivity contribution in [3.63, 3.8) is 0 Å². The Balaban J connectivity index is 0.000000252. The Morgan fingerprint density at radius 2 is 1.08 bits per heavy atom. The highest BCUT2D eigenvalue weighted by molar-refractivity contribution is 5.36. The highest BCUT2D eigenvalue weighted by Gasteiger charge is 1.95. The third-order valence-corrected chi connectivity index (χ3v) is 0.882. The summed E-state index contributed by atoms with van der Waals surface area (Å²) in [5, 5.41) is 17.3. The van der Waals surface area contributed by atoms with Crippen molar-refractivity contribution in [1.82, 2.24) is 0 Å². The summed E-state index contributed by atoms with van der Waals surface area (Å²) in [5.41, 5.74) is 0.500. The molecule has 0 radical (unpaired) electrons. The Morgan fingerprint density at radius 1 is 0.846 bits per heavy atom. The van der Waals surface area contributed by atoms with Gasteiger partial charge < -0.3 is 10.2 Å². The maximum Gasteiger partial charge on any atom is 0.157 e. The molecule has 0 amide bonds. The first-order valence-electron chi connectivity index (χ1n) is 4.27. The highest BCUT2D eigenvalue weighted by atomic mass is 16.3. The molecule has 0 aliphatic heterocycles. The summed E-state index contributed by atoms with van der Waals surface area (Å²) in [5.74, 6) is -0.153. The van der Waals surface area contributed by atoms with E-state index in [0.717, 1.165) is 0 Å². The molecule has 0 heterocycles. The zero-order chi connectivity index (χ0) is 10.5. The molecule has 1 rings (SSSR count). The van der Waals surface area contributed by atoms with Crippen molar-refractivity contribution in [2.24, 2.45) is 5.41 Å². The Bertz CT molecular complexity index is 222. The van der Waals surface area contributed by atoms with Crippen molar-refractivity contribution < 1.29 is 10.2 Å². The van der Waals surface area contributed by atoms with Crippen molar-refractivity contribution >= 4 is 0 Å². The van der Waals surface area contributed by atoms with Gasteiger partial charge in [0.15, 0.2) is 11.5 Å². The quantitative estimate of drug-likeness (QED) is 0.605. The largest absolute Gasteiger partial charge is 0.504 e. The summed E-state index contributed by atoms with van der Waals surface area (Å²) in [4.78, 5) is 0. The summed E-state index contributed by atoms with van der Waals surface area (Å²) in [6.45, 7) is 8.75.